The second-order valence-corrected chi connectivity index (χ2v) is 3.65. The van der Waals surface area contributed by atoms with Gasteiger partial charge in [-0.05, 0) is 34.9 Å². The highest BCUT2D eigenvalue weighted by molar-refractivity contribution is 5.47. The minimum atomic E-state index is 0.338. The molecule has 1 aromatic carbocycles. The zero-order chi connectivity index (χ0) is 11.5. The summed E-state index contributed by atoms with van der Waals surface area (Å²) in [6.45, 7) is 4.51. The van der Waals surface area contributed by atoms with Gasteiger partial charge >= 0.3 is 0 Å². The molecule has 0 unspecified atom stereocenters. The summed E-state index contributed by atoms with van der Waals surface area (Å²) in [6.07, 6.45) is 0.945. The van der Waals surface area contributed by atoms with Crippen LogP contribution >= 0.6 is 0 Å². The number of hydrogen-bond donors (Lipinski definition) is 1. The number of rotatable bonds is 3. The molecule has 0 aliphatic rings. The average molecular weight is 217 g/mol. The van der Waals surface area contributed by atoms with Crippen LogP contribution in [0, 0.1) is 6.92 Å². The van der Waals surface area contributed by atoms with Crippen LogP contribution < -0.4 is 5.73 Å². The summed E-state index contributed by atoms with van der Waals surface area (Å²) >= 11 is 0. The Morgan fingerprint density at radius 2 is 2.19 bits per heavy atom. The number of aryl methyl sites for hydroxylation is 2. The fourth-order valence-corrected chi connectivity index (χ4v) is 1.81. The fraction of sp³-hybridized carbons (Fsp3) is 0.364. The molecule has 0 aliphatic carbocycles. The topological polar surface area (TPSA) is 69.6 Å². The van der Waals surface area contributed by atoms with Crippen LogP contribution in [0.2, 0.25) is 0 Å². The van der Waals surface area contributed by atoms with E-state index in [1.54, 1.807) is 4.68 Å². The number of tetrazole rings is 1. The van der Waals surface area contributed by atoms with Gasteiger partial charge in [-0.25, -0.2) is 0 Å². The van der Waals surface area contributed by atoms with Crippen molar-refractivity contribution in [2.45, 2.75) is 26.8 Å². The molecule has 2 aromatic rings. The maximum absolute atomic E-state index is 5.61. The lowest BCUT2D eigenvalue weighted by Crippen LogP contribution is -2.11. The highest BCUT2D eigenvalue weighted by atomic mass is 15.5. The van der Waals surface area contributed by atoms with Crippen molar-refractivity contribution >= 4 is 0 Å². The SMILES string of the molecule is CCc1cccc(C)c1-n1nnnc1CN. The predicted molar refractivity (Wildman–Crippen MR) is 61.2 cm³/mol. The normalized spacial score (nSPS) is 10.7. The van der Waals surface area contributed by atoms with E-state index < -0.39 is 0 Å². The molecule has 0 amide bonds. The van der Waals surface area contributed by atoms with E-state index in [9.17, 15) is 0 Å². The van der Waals surface area contributed by atoms with Crippen molar-refractivity contribution in [2.24, 2.45) is 5.73 Å². The monoisotopic (exact) mass is 217 g/mol. The van der Waals surface area contributed by atoms with E-state index in [2.05, 4.69) is 41.5 Å². The Balaban J connectivity index is 2.63. The standard InChI is InChI=1S/C11H15N5/c1-3-9-6-4-5-8(2)11(9)16-10(7-12)13-14-15-16/h4-6H,3,7,12H2,1-2H3. The van der Waals surface area contributed by atoms with Crippen LogP contribution in [0.15, 0.2) is 18.2 Å². The third-order valence-electron chi connectivity index (χ3n) is 2.63. The van der Waals surface area contributed by atoms with Crippen molar-refractivity contribution in [3.63, 3.8) is 0 Å². The molecule has 0 fully saturated rings. The van der Waals surface area contributed by atoms with Gasteiger partial charge in [0.25, 0.3) is 0 Å². The van der Waals surface area contributed by atoms with Crippen molar-refractivity contribution in [2.75, 3.05) is 0 Å². The van der Waals surface area contributed by atoms with E-state index in [-0.39, 0.29) is 0 Å². The first-order valence-electron chi connectivity index (χ1n) is 5.34. The van der Waals surface area contributed by atoms with Crippen LogP contribution in [0.5, 0.6) is 0 Å². The van der Waals surface area contributed by atoms with Gasteiger partial charge in [0, 0.05) is 0 Å². The number of aromatic nitrogens is 4. The molecule has 0 radical (unpaired) electrons. The molecular weight excluding hydrogens is 202 g/mol. The van der Waals surface area contributed by atoms with Crippen molar-refractivity contribution in [1.82, 2.24) is 20.2 Å². The van der Waals surface area contributed by atoms with Crippen LogP contribution in [0.25, 0.3) is 5.69 Å². The number of nitrogens with zero attached hydrogens (tertiary/aromatic N) is 4. The van der Waals surface area contributed by atoms with E-state index in [0.29, 0.717) is 12.4 Å². The van der Waals surface area contributed by atoms with Gasteiger partial charge in [-0.1, -0.05) is 25.1 Å². The average Bonchev–Trinajstić information content (AvgIpc) is 2.76. The Labute approximate surface area is 94.3 Å². The zero-order valence-corrected chi connectivity index (χ0v) is 9.51. The number of benzene rings is 1. The summed E-state index contributed by atoms with van der Waals surface area (Å²) in [5.74, 6) is 0.684. The Morgan fingerprint density at radius 3 is 2.88 bits per heavy atom. The Hall–Kier alpha value is -1.75. The maximum atomic E-state index is 5.61. The molecule has 2 rings (SSSR count). The minimum Gasteiger partial charge on any atom is -0.324 e. The second-order valence-electron chi connectivity index (χ2n) is 3.65. The van der Waals surface area contributed by atoms with Crippen LogP contribution in [-0.4, -0.2) is 20.2 Å². The Morgan fingerprint density at radius 1 is 1.38 bits per heavy atom. The largest absolute Gasteiger partial charge is 0.324 e. The highest BCUT2D eigenvalue weighted by Gasteiger charge is 2.12. The quantitative estimate of drug-likeness (QED) is 0.832. The lowest BCUT2D eigenvalue weighted by Gasteiger charge is -2.11. The van der Waals surface area contributed by atoms with Crippen LogP contribution in [0.1, 0.15) is 23.9 Å². The summed E-state index contributed by atoms with van der Waals surface area (Å²) in [5, 5.41) is 11.6. The number of para-hydroxylation sites is 1. The molecule has 84 valence electrons. The van der Waals surface area contributed by atoms with Gasteiger partial charge in [0.2, 0.25) is 0 Å². The number of nitrogens with two attached hydrogens (primary N) is 1. The van der Waals surface area contributed by atoms with Crippen LogP contribution in [0.4, 0.5) is 0 Å². The van der Waals surface area contributed by atoms with Gasteiger partial charge in [0.15, 0.2) is 5.82 Å². The molecule has 0 aliphatic heterocycles. The van der Waals surface area contributed by atoms with Gasteiger partial charge in [0.1, 0.15) is 0 Å². The zero-order valence-electron chi connectivity index (χ0n) is 9.51. The summed E-state index contributed by atoms with van der Waals surface area (Å²) < 4.78 is 1.73. The van der Waals surface area contributed by atoms with Gasteiger partial charge in [-0.2, -0.15) is 4.68 Å². The van der Waals surface area contributed by atoms with E-state index in [1.165, 1.54) is 5.56 Å². The second kappa shape index (κ2) is 4.40. The van der Waals surface area contributed by atoms with Gasteiger partial charge in [0.05, 0.1) is 12.2 Å². The van der Waals surface area contributed by atoms with Crippen molar-refractivity contribution in [3.8, 4) is 5.69 Å². The molecule has 5 nitrogen and oxygen atoms in total. The Kier molecular flexibility index (Phi) is 2.96. The maximum Gasteiger partial charge on any atom is 0.170 e. The third-order valence-corrected chi connectivity index (χ3v) is 2.63. The first-order valence-corrected chi connectivity index (χ1v) is 5.34. The minimum absolute atomic E-state index is 0.338. The predicted octanol–water partition coefficient (Wildman–Crippen LogP) is 0.992. The third kappa shape index (κ3) is 1.69. The molecule has 1 aromatic heterocycles. The lowest BCUT2D eigenvalue weighted by atomic mass is 10.1. The van der Waals surface area contributed by atoms with Gasteiger partial charge in [-0.15, -0.1) is 5.10 Å². The Bertz CT molecular complexity index is 489. The van der Waals surface area contributed by atoms with Crippen LogP contribution in [0.3, 0.4) is 0 Å². The number of hydrogen-bond acceptors (Lipinski definition) is 4. The molecule has 2 N–H and O–H groups in total. The smallest absolute Gasteiger partial charge is 0.170 e. The molecular formula is C11H15N5. The van der Waals surface area contributed by atoms with E-state index in [4.69, 9.17) is 5.73 Å². The van der Waals surface area contributed by atoms with Gasteiger partial charge in [-0.3, -0.25) is 0 Å². The first-order chi connectivity index (χ1) is 7.77. The molecule has 5 heteroatoms. The van der Waals surface area contributed by atoms with Crippen LogP contribution in [-0.2, 0) is 13.0 Å². The highest BCUT2D eigenvalue weighted by Crippen LogP contribution is 2.19. The molecule has 0 atom stereocenters. The lowest BCUT2D eigenvalue weighted by molar-refractivity contribution is 0.749. The molecule has 0 saturated heterocycles. The summed E-state index contributed by atoms with van der Waals surface area (Å²) in [4.78, 5) is 0. The van der Waals surface area contributed by atoms with E-state index in [1.807, 2.05) is 6.07 Å². The van der Waals surface area contributed by atoms with Gasteiger partial charge < -0.3 is 5.73 Å². The fourth-order valence-electron chi connectivity index (χ4n) is 1.81. The first kappa shape index (κ1) is 10.8. The molecule has 1 heterocycles. The summed E-state index contributed by atoms with van der Waals surface area (Å²) in [7, 11) is 0. The molecule has 16 heavy (non-hydrogen) atoms. The van der Waals surface area contributed by atoms with Crippen molar-refractivity contribution in [1.29, 1.82) is 0 Å². The summed E-state index contributed by atoms with van der Waals surface area (Å²) in [5.41, 5.74) is 9.04. The van der Waals surface area contributed by atoms with Crippen molar-refractivity contribution in [3.05, 3.63) is 35.2 Å². The molecule has 0 saturated carbocycles. The van der Waals surface area contributed by atoms with Crippen molar-refractivity contribution < 1.29 is 0 Å². The molecule has 0 bridgehead atoms. The molecule has 0 spiro atoms. The summed E-state index contributed by atoms with van der Waals surface area (Å²) in [6, 6.07) is 6.19. The van der Waals surface area contributed by atoms with E-state index in [0.717, 1.165) is 17.7 Å². The van der Waals surface area contributed by atoms with E-state index >= 15 is 0 Å².